The van der Waals surface area contributed by atoms with Gasteiger partial charge in [-0.1, -0.05) is 0 Å². The van der Waals surface area contributed by atoms with Crippen molar-refractivity contribution in [2.24, 2.45) is 5.92 Å². The third-order valence-electron chi connectivity index (χ3n) is 2.90. The number of carbonyl (C=O) groups excluding carboxylic acids is 1. The predicted molar refractivity (Wildman–Crippen MR) is 60.5 cm³/mol. The Hall–Kier alpha value is -1.79. The summed E-state index contributed by atoms with van der Waals surface area (Å²) in [6, 6.07) is 2.15. The van der Waals surface area contributed by atoms with Crippen molar-refractivity contribution in [3.05, 3.63) is 23.9 Å². The first-order valence-corrected chi connectivity index (χ1v) is 5.88. The van der Waals surface area contributed by atoms with Crippen LogP contribution in [0.1, 0.15) is 18.4 Å². The van der Waals surface area contributed by atoms with E-state index < -0.39 is 17.6 Å². The van der Waals surface area contributed by atoms with Crippen LogP contribution in [0.25, 0.3) is 0 Å². The zero-order valence-electron chi connectivity index (χ0n) is 10.0. The van der Waals surface area contributed by atoms with Gasteiger partial charge in [0.05, 0.1) is 6.61 Å². The molecule has 1 fully saturated rings. The number of nitrogens with zero attached hydrogens (tertiary/aromatic N) is 1. The van der Waals surface area contributed by atoms with Gasteiger partial charge < -0.3 is 10.1 Å². The summed E-state index contributed by atoms with van der Waals surface area (Å²) < 4.78 is 43.2. The number of carbonyl (C=O) groups is 1. The quantitative estimate of drug-likeness (QED) is 0.917. The lowest BCUT2D eigenvalue weighted by atomic mass is 10.0. The van der Waals surface area contributed by atoms with E-state index in [9.17, 15) is 18.0 Å². The highest BCUT2D eigenvalue weighted by Gasteiger charge is 2.35. The molecule has 104 valence electrons. The topological polar surface area (TPSA) is 51.2 Å². The van der Waals surface area contributed by atoms with E-state index in [1.165, 1.54) is 12.3 Å². The van der Waals surface area contributed by atoms with Gasteiger partial charge in [0.15, 0.2) is 0 Å². The fourth-order valence-electron chi connectivity index (χ4n) is 1.84. The number of rotatable bonds is 3. The fourth-order valence-corrected chi connectivity index (χ4v) is 1.84. The monoisotopic (exact) mass is 274 g/mol. The average molecular weight is 274 g/mol. The van der Waals surface area contributed by atoms with E-state index in [2.05, 4.69) is 10.3 Å². The first-order chi connectivity index (χ1) is 8.97. The molecule has 0 radical (unpaired) electrons. The van der Waals surface area contributed by atoms with Gasteiger partial charge in [-0.15, -0.1) is 0 Å². The van der Waals surface area contributed by atoms with E-state index in [-0.39, 0.29) is 18.4 Å². The number of piperidine rings is 1. The second kappa shape index (κ2) is 5.46. The Morgan fingerprint density at radius 1 is 1.47 bits per heavy atom. The molecule has 1 aromatic heterocycles. The molecule has 1 N–H and O–H groups in total. The maximum atomic E-state index is 12.7. The Kier molecular flexibility index (Phi) is 3.92. The fraction of sp³-hybridized carbons (Fsp3) is 0.500. The van der Waals surface area contributed by atoms with Gasteiger partial charge in [0.25, 0.3) is 0 Å². The zero-order valence-corrected chi connectivity index (χ0v) is 10.0. The molecule has 7 heteroatoms. The SMILES string of the molecule is O=C1CCC(COc2ncccc2C(F)(F)F)CN1. The molecule has 1 aliphatic rings. The highest BCUT2D eigenvalue weighted by molar-refractivity contribution is 5.76. The summed E-state index contributed by atoms with van der Waals surface area (Å²) in [4.78, 5) is 14.6. The number of hydrogen-bond donors (Lipinski definition) is 1. The van der Waals surface area contributed by atoms with Gasteiger partial charge in [-0.05, 0) is 18.6 Å². The Bertz CT molecular complexity index is 453. The smallest absolute Gasteiger partial charge is 0.421 e. The molecule has 4 nitrogen and oxygen atoms in total. The first kappa shape index (κ1) is 13.6. The summed E-state index contributed by atoms with van der Waals surface area (Å²) in [5, 5.41) is 2.65. The van der Waals surface area contributed by atoms with Crippen LogP contribution in [0.4, 0.5) is 13.2 Å². The molecule has 1 aliphatic heterocycles. The number of halogens is 3. The van der Waals surface area contributed by atoms with Crippen molar-refractivity contribution in [2.75, 3.05) is 13.2 Å². The minimum Gasteiger partial charge on any atom is -0.477 e. The van der Waals surface area contributed by atoms with E-state index in [4.69, 9.17) is 4.74 Å². The predicted octanol–water partition coefficient (Wildman–Crippen LogP) is 2.01. The second-order valence-corrected chi connectivity index (χ2v) is 4.37. The third-order valence-corrected chi connectivity index (χ3v) is 2.90. The highest BCUT2D eigenvalue weighted by Crippen LogP contribution is 2.34. The molecule has 0 bridgehead atoms. The number of hydrogen-bond acceptors (Lipinski definition) is 3. The van der Waals surface area contributed by atoms with Crippen molar-refractivity contribution in [2.45, 2.75) is 19.0 Å². The van der Waals surface area contributed by atoms with Crippen LogP contribution in [0.2, 0.25) is 0 Å². The molecule has 1 atom stereocenters. The van der Waals surface area contributed by atoms with Crippen LogP contribution in [0, 0.1) is 5.92 Å². The van der Waals surface area contributed by atoms with Crippen molar-refractivity contribution >= 4 is 5.91 Å². The zero-order chi connectivity index (χ0) is 13.9. The number of alkyl halides is 3. The van der Waals surface area contributed by atoms with Gasteiger partial charge in [0.1, 0.15) is 5.56 Å². The number of amides is 1. The molecule has 19 heavy (non-hydrogen) atoms. The molecule has 0 aliphatic carbocycles. The van der Waals surface area contributed by atoms with Gasteiger partial charge >= 0.3 is 6.18 Å². The molecular weight excluding hydrogens is 261 g/mol. The average Bonchev–Trinajstić information content (AvgIpc) is 2.37. The van der Waals surface area contributed by atoms with E-state index in [1.54, 1.807) is 0 Å². The minimum absolute atomic E-state index is 0.0146. The van der Waals surface area contributed by atoms with Gasteiger partial charge in [0.2, 0.25) is 11.8 Å². The summed E-state index contributed by atoms with van der Waals surface area (Å²) in [6.07, 6.45) is -2.24. The Balaban J connectivity index is 1.98. The number of ether oxygens (including phenoxy) is 1. The lowest BCUT2D eigenvalue weighted by Crippen LogP contribution is -2.37. The Labute approximate surface area is 108 Å². The van der Waals surface area contributed by atoms with Gasteiger partial charge in [-0.25, -0.2) is 4.98 Å². The Morgan fingerprint density at radius 3 is 2.89 bits per heavy atom. The van der Waals surface area contributed by atoms with E-state index in [1.807, 2.05) is 0 Å². The lowest BCUT2D eigenvalue weighted by Gasteiger charge is -2.22. The summed E-state index contributed by atoms with van der Waals surface area (Å²) in [5.74, 6) is -0.433. The first-order valence-electron chi connectivity index (χ1n) is 5.88. The normalized spacial score (nSPS) is 19.9. The van der Waals surface area contributed by atoms with Crippen LogP contribution in [0.15, 0.2) is 18.3 Å². The second-order valence-electron chi connectivity index (χ2n) is 4.37. The molecule has 1 amide bonds. The minimum atomic E-state index is -4.48. The van der Waals surface area contributed by atoms with E-state index in [0.717, 1.165) is 6.07 Å². The Morgan fingerprint density at radius 2 is 2.26 bits per heavy atom. The van der Waals surface area contributed by atoms with Crippen LogP contribution < -0.4 is 10.1 Å². The molecule has 1 unspecified atom stereocenters. The summed E-state index contributed by atoms with van der Waals surface area (Å²) in [7, 11) is 0. The molecular formula is C12H13F3N2O2. The maximum absolute atomic E-state index is 12.7. The van der Waals surface area contributed by atoms with Crippen molar-refractivity contribution in [3.8, 4) is 5.88 Å². The van der Waals surface area contributed by atoms with Gasteiger partial charge in [0, 0.05) is 25.1 Å². The summed E-state index contributed by atoms with van der Waals surface area (Å²) >= 11 is 0. The van der Waals surface area contributed by atoms with Crippen molar-refractivity contribution in [3.63, 3.8) is 0 Å². The molecule has 0 aromatic carbocycles. The molecule has 1 saturated heterocycles. The van der Waals surface area contributed by atoms with Gasteiger partial charge in [-0.2, -0.15) is 13.2 Å². The van der Waals surface area contributed by atoms with Crippen molar-refractivity contribution < 1.29 is 22.7 Å². The summed E-state index contributed by atoms with van der Waals surface area (Å²) in [6.45, 7) is 0.535. The van der Waals surface area contributed by atoms with E-state index >= 15 is 0 Å². The van der Waals surface area contributed by atoms with Crippen molar-refractivity contribution in [1.82, 2.24) is 10.3 Å². The third kappa shape index (κ3) is 3.59. The molecule has 1 aromatic rings. The number of aromatic nitrogens is 1. The molecule has 2 heterocycles. The largest absolute Gasteiger partial charge is 0.477 e. The highest BCUT2D eigenvalue weighted by atomic mass is 19.4. The molecule has 0 saturated carbocycles. The van der Waals surface area contributed by atoms with E-state index in [0.29, 0.717) is 19.4 Å². The van der Waals surface area contributed by atoms with Crippen molar-refractivity contribution in [1.29, 1.82) is 0 Å². The standard InChI is InChI=1S/C12H13F3N2O2/c13-12(14,15)9-2-1-5-16-11(9)19-7-8-3-4-10(18)17-6-8/h1-2,5,8H,3-4,6-7H2,(H,17,18). The molecule has 2 rings (SSSR count). The van der Waals surface area contributed by atoms with Crippen LogP contribution in [0.5, 0.6) is 5.88 Å². The summed E-state index contributed by atoms with van der Waals surface area (Å²) in [5.41, 5.74) is -0.880. The number of pyridine rings is 1. The lowest BCUT2D eigenvalue weighted by molar-refractivity contribution is -0.139. The van der Waals surface area contributed by atoms with Crippen LogP contribution in [0.3, 0.4) is 0 Å². The maximum Gasteiger partial charge on any atom is 0.421 e. The van der Waals surface area contributed by atoms with Crippen LogP contribution in [-0.2, 0) is 11.0 Å². The molecule has 0 spiro atoms. The number of nitrogens with one attached hydrogen (secondary N) is 1. The van der Waals surface area contributed by atoms with Crippen LogP contribution >= 0.6 is 0 Å². The van der Waals surface area contributed by atoms with Gasteiger partial charge in [-0.3, -0.25) is 4.79 Å². The van der Waals surface area contributed by atoms with Crippen LogP contribution in [-0.4, -0.2) is 24.0 Å².